The second-order valence-corrected chi connectivity index (χ2v) is 10.8. The van der Waals surface area contributed by atoms with Crippen LogP contribution in [0.15, 0.2) is 47.4 Å². The van der Waals surface area contributed by atoms with Gasteiger partial charge in [-0.15, -0.1) is 0 Å². The standard InChI is InChI=1S/C28H31FN2O5S2/c29-23-8-5-20(6-9-23)21-7-10-24(36-17-14-30-12-15-35-16-13-30)22(18-21)19-25-27(34)31(28(37)38-25)11-3-1-2-4-26(32)33/h5-10,18-19H,1-4,11-17H2,(H,32,33). The summed E-state index contributed by atoms with van der Waals surface area (Å²) in [6, 6.07) is 12.0. The van der Waals surface area contributed by atoms with Crippen LogP contribution >= 0.6 is 24.0 Å². The smallest absolute Gasteiger partial charge is 0.303 e. The third-order valence-electron chi connectivity index (χ3n) is 6.39. The number of carbonyl (C=O) groups excluding carboxylic acids is 1. The first kappa shape index (κ1) is 28.2. The molecule has 2 aliphatic rings. The number of thioether (sulfide) groups is 1. The molecule has 38 heavy (non-hydrogen) atoms. The predicted octanol–water partition coefficient (Wildman–Crippen LogP) is 5.05. The minimum Gasteiger partial charge on any atom is -0.492 e. The Morgan fingerprint density at radius 3 is 2.55 bits per heavy atom. The highest BCUT2D eigenvalue weighted by Gasteiger charge is 2.31. The molecule has 2 fully saturated rings. The molecule has 10 heteroatoms. The maximum Gasteiger partial charge on any atom is 0.303 e. The van der Waals surface area contributed by atoms with Gasteiger partial charge < -0.3 is 14.6 Å². The summed E-state index contributed by atoms with van der Waals surface area (Å²) in [5.41, 5.74) is 2.48. The Kier molecular flexibility index (Phi) is 10.3. The van der Waals surface area contributed by atoms with Gasteiger partial charge in [-0.2, -0.15) is 0 Å². The molecule has 2 heterocycles. The molecule has 0 unspecified atom stereocenters. The summed E-state index contributed by atoms with van der Waals surface area (Å²) in [5, 5.41) is 8.80. The Balaban J connectivity index is 1.50. The van der Waals surface area contributed by atoms with Gasteiger partial charge in [0.15, 0.2) is 0 Å². The van der Waals surface area contributed by atoms with Crippen molar-refractivity contribution in [2.75, 3.05) is 46.0 Å². The van der Waals surface area contributed by atoms with E-state index in [0.717, 1.165) is 49.5 Å². The quantitative estimate of drug-likeness (QED) is 0.220. The van der Waals surface area contributed by atoms with Crippen molar-refractivity contribution >= 4 is 46.3 Å². The second-order valence-electron chi connectivity index (χ2n) is 9.10. The number of carbonyl (C=O) groups is 2. The van der Waals surface area contributed by atoms with E-state index >= 15 is 0 Å². The zero-order valence-corrected chi connectivity index (χ0v) is 22.7. The highest BCUT2D eigenvalue weighted by molar-refractivity contribution is 8.26. The summed E-state index contributed by atoms with van der Waals surface area (Å²) in [6.45, 7) is 4.91. The SMILES string of the molecule is O=C(O)CCCCCN1C(=O)C(=Cc2cc(-c3ccc(F)cc3)ccc2OCCN2CCOCC2)SC1=S. The molecule has 0 saturated carbocycles. The van der Waals surface area contributed by atoms with Crippen LogP contribution in [0.4, 0.5) is 4.39 Å². The lowest BCUT2D eigenvalue weighted by molar-refractivity contribution is -0.137. The molecule has 2 saturated heterocycles. The minimum absolute atomic E-state index is 0.122. The maximum absolute atomic E-state index is 13.5. The molecule has 7 nitrogen and oxygen atoms in total. The Morgan fingerprint density at radius 2 is 1.82 bits per heavy atom. The molecular weight excluding hydrogens is 527 g/mol. The van der Waals surface area contributed by atoms with Crippen LogP contribution in [0.25, 0.3) is 17.2 Å². The summed E-state index contributed by atoms with van der Waals surface area (Å²) in [7, 11) is 0. The molecule has 0 aliphatic carbocycles. The van der Waals surface area contributed by atoms with Crippen LogP contribution in [-0.4, -0.2) is 77.1 Å². The van der Waals surface area contributed by atoms with Crippen molar-refractivity contribution < 1.29 is 28.6 Å². The molecule has 2 aromatic carbocycles. The van der Waals surface area contributed by atoms with Crippen LogP contribution in [0.1, 0.15) is 31.2 Å². The highest BCUT2D eigenvalue weighted by Crippen LogP contribution is 2.36. The summed E-state index contributed by atoms with van der Waals surface area (Å²) in [6.07, 6.45) is 3.89. The highest BCUT2D eigenvalue weighted by atomic mass is 32.2. The summed E-state index contributed by atoms with van der Waals surface area (Å²) >= 11 is 6.72. The van der Waals surface area contributed by atoms with Gasteiger partial charge in [-0.1, -0.05) is 48.6 Å². The number of carboxylic acids is 1. The van der Waals surface area contributed by atoms with Crippen LogP contribution in [-0.2, 0) is 14.3 Å². The molecule has 0 radical (unpaired) electrons. The van der Waals surface area contributed by atoms with Crippen molar-refractivity contribution in [3.8, 4) is 16.9 Å². The Morgan fingerprint density at radius 1 is 1.08 bits per heavy atom. The van der Waals surface area contributed by atoms with E-state index in [4.69, 9.17) is 26.8 Å². The van der Waals surface area contributed by atoms with Gasteiger partial charge in [0.2, 0.25) is 0 Å². The van der Waals surface area contributed by atoms with Gasteiger partial charge in [-0.3, -0.25) is 19.4 Å². The molecule has 0 bridgehead atoms. The Bertz CT molecular complexity index is 1180. The molecule has 202 valence electrons. The van der Waals surface area contributed by atoms with Crippen LogP contribution in [0.2, 0.25) is 0 Å². The van der Waals surface area contributed by atoms with Gasteiger partial charge in [-0.05, 0) is 54.3 Å². The van der Waals surface area contributed by atoms with Gasteiger partial charge >= 0.3 is 5.97 Å². The third kappa shape index (κ3) is 7.86. The lowest BCUT2D eigenvalue weighted by Crippen LogP contribution is -2.38. The Hall–Kier alpha value is -2.79. The van der Waals surface area contributed by atoms with E-state index < -0.39 is 5.97 Å². The molecule has 1 N–H and O–H groups in total. The van der Waals surface area contributed by atoms with Crippen LogP contribution in [0.3, 0.4) is 0 Å². The average molecular weight is 559 g/mol. The van der Waals surface area contributed by atoms with Gasteiger partial charge in [0.1, 0.15) is 22.5 Å². The normalized spacial score (nSPS) is 17.4. The number of thiocarbonyl (C=S) groups is 1. The number of aliphatic carboxylic acids is 1. The number of amides is 1. The summed E-state index contributed by atoms with van der Waals surface area (Å²) < 4.78 is 25.5. The van der Waals surface area contributed by atoms with Gasteiger partial charge in [0, 0.05) is 38.2 Å². The number of hydrogen-bond donors (Lipinski definition) is 1. The van der Waals surface area contributed by atoms with E-state index in [2.05, 4.69) is 4.90 Å². The Labute approximate surface area is 231 Å². The second kappa shape index (κ2) is 13.8. The van der Waals surface area contributed by atoms with Gasteiger partial charge in [0.05, 0.1) is 18.1 Å². The number of halogens is 1. The van der Waals surface area contributed by atoms with Gasteiger partial charge in [-0.25, -0.2) is 4.39 Å². The van der Waals surface area contributed by atoms with E-state index in [1.807, 2.05) is 18.2 Å². The maximum atomic E-state index is 13.5. The van der Waals surface area contributed by atoms with E-state index in [1.54, 1.807) is 23.1 Å². The number of unbranched alkanes of at least 4 members (excludes halogenated alkanes) is 2. The first-order chi connectivity index (χ1) is 18.4. The van der Waals surface area contributed by atoms with Crippen molar-refractivity contribution in [2.24, 2.45) is 0 Å². The van der Waals surface area contributed by atoms with E-state index in [-0.39, 0.29) is 18.1 Å². The number of benzene rings is 2. The number of carboxylic acid groups (broad SMARTS) is 1. The molecule has 2 aromatic rings. The monoisotopic (exact) mass is 558 g/mol. The molecule has 0 aromatic heterocycles. The number of ether oxygens (including phenoxy) is 2. The zero-order valence-electron chi connectivity index (χ0n) is 21.1. The lowest BCUT2D eigenvalue weighted by atomic mass is 10.0. The molecular formula is C28H31FN2O5S2. The van der Waals surface area contributed by atoms with Crippen molar-refractivity contribution in [2.45, 2.75) is 25.7 Å². The van der Waals surface area contributed by atoms with Crippen LogP contribution in [0.5, 0.6) is 5.75 Å². The fraction of sp³-hybridized carbons (Fsp3) is 0.393. The zero-order chi connectivity index (χ0) is 26.9. The minimum atomic E-state index is -0.815. The fourth-order valence-electron chi connectivity index (χ4n) is 4.28. The molecule has 4 rings (SSSR count). The van der Waals surface area contributed by atoms with Gasteiger partial charge in [0.25, 0.3) is 5.91 Å². The predicted molar refractivity (Wildman–Crippen MR) is 151 cm³/mol. The van der Waals surface area contributed by atoms with Crippen LogP contribution < -0.4 is 4.74 Å². The summed E-state index contributed by atoms with van der Waals surface area (Å²) in [4.78, 5) is 28.3. The van der Waals surface area contributed by atoms with Crippen molar-refractivity contribution in [3.05, 3.63) is 58.8 Å². The molecule has 0 atom stereocenters. The first-order valence-electron chi connectivity index (χ1n) is 12.7. The van der Waals surface area contributed by atoms with Crippen molar-refractivity contribution in [1.82, 2.24) is 9.80 Å². The molecule has 0 spiro atoms. The molecule has 2 aliphatic heterocycles. The number of rotatable bonds is 12. The third-order valence-corrected chi connectivity index (χ3v) is 7.77. The first-order valence-corrected chi connectivity index (χ1v) is 13.9. The van der Waals surface area contributed by atoms with E-state index in [1.165, 1.54) is 23.9 Å². The van der Waals surface area contributed by atoms with Crippen molar-refractivity contribution in [3.63, 3.8) is 0 Å². The number of morpholine rings is 1. The van der Waals surface area contributed by atoms with E-state index in [9.17, 15) is 14.0 Å². The topological polar surface area (TPSA) is 79.3 Å². The molecule has 1 amide bonds. The van der Waals surface area contributed by atoms with Crippen molar-refractivity contribution in [1.29, 1.82) is 0 Å². The van der Waals surface area contributed by atoms with Crippen LogP contribution in [0, 0.1) is 5.82 Å². The lowest BCUT2D eigenvalue weighted by Gasteiger charge is -2.26. The number of nitrogens with zero attached hydrogens (tertiary/aromatic N) is 2. The average Bonchev–Trinajstić information content (AvgIpc) is 3.17. The largest absolute Gasteiger partial charge is 0.492 e. The van der Waals surface area contributed by atoms with E-state index in [0.29, 0.717) is 47.4 Å². The summed E-state index contributed by atoms with van der Waals surface area (Å²) in [5.74, 6) is -0.624. The number of hydrogen-bond acceptors (Lipinski definition) is 7. The fourth-order valence-corrected chi connectivity index (χ4v) is 5.58.